The van der Waals surface area contributed by atoms with Crippen LogP contribution in [0.5, 0.6) is 5.75 Å². The van der Waals surface area contributed by atoms with Gasteiger partial charge in [0, 0.05) is 13.2 Å². The lowest BCUT2D eigenvalue weighted by molar-refractivity contribution is -0.130. The minimum atomic E-state index is -0.953. The van der Waals surface area contributed by atoms with E-state index in [9.17, 15) is 9.18 Å². The Morgan fingerprint density at radius 3 is 2.68 bits per heavy atom. The van der Waals surface area contributed by atoms with Gasteiger partial charge in [0.25, 0.3) is 0 Å². The molecule has 0 spiro atoms. The van der Waals surface area contributed by atoms with Gasteiger partial charge in [0.05, 0.1) is 24.3 Å². The van der Waals surface area contributed by atoms with Crippen molar-refractivity contribution in [2.45, 2.75) is 31.3 Å². The molecule has 1 aliphatic rings. The van der Waals surface area contributed by atoms with Crippen molar-refractivity contribution in [2.75, 3.05) is 20.3 Å². The first-order valence-corrected chi connectivity index (χ1v) is 6.98. The number of rotatable bonds is 4. The Morgan fingerprint density at radius 1 is 1.45 bits per heavy atom. The third-order valence-corrected chi connectivity index (χ3v) is 3.85. The molecule has 3 N–H and O–H groups in total. The summed E-state index contributed by atoms with van der Waals surface area (Å²) in [7, 11) is 1.47. The highest BCUT2D eigenvalue weighted by Crippen LogP contribution is 2.28. The van der Waals surface area contributed by atoms with Gasteiger partial charge in [-0.15, -0.1) is 12.4 Å². The van der Waals surface area contributed by atoms with Gasteiger partial charge in [-0.2, -0.15) is 0 Å². The number of hydrogen-bond acceptors (Lipinski definition) is 4. The van der Waals surface area contributed by atoms with Crippen LogP contribution in [0.3, 0.4) is 0 Å². The van der Waals surface area contributed by atoms with Crippen molar-refractivity contribution in [3.05, 3.63) is 29.6 Å². The first-order chi connectivity index (χ1) is 9.98. The van der Waals surface area contributed by atoms with Gasteiger partial charge in [0.15, 0.2) is 0 Å². The fraction of sp³-hybridized carbons (Fsp3) is 0.533. The van der Waals surface area contributed by atoms with Crippen LogP contribution in [0.1, 0.15) is 31.4 Å². The van der Waals surface area contributed by atoms with Gasteiger partial charge in [0.2, 0.25) is 5.91 Å². The summed E-state index contributed by atoms with van der Waals surface area (Å²) in [6, 6.07) is 4.03. The summed E-state index contributed by atoms with van der Waals surface area (Å²) < 4.78 is 24.4. The minimum absolute atomic E-state index is 0. The average molecular weight is 333 g/mol. The molecule has 1 fully saturated rings. The first kappa shape index (κ1) is 18.7. The normalized spacial score (nSPS) is 18.0. The van der Waals surface area contributed by atoms with Crippen molar-refractivity contribution >= 4 is 18.3 Å². The molecular weight excluding hydrogens is 311 g/mol. The maximum Gasteiger partial charge on any atom is 0.240 e. The molecule has 0 aromatic heterocycles. The van der Waals surface area contributed by atoms with Crippen LogP contribution in [-0.4, -0.2) is 31.8 Å². The van der Waals surface area contributed by atoms with E-state index in [1.807, 2.05) is 0 Å². The van der Waals surface area contributed by atoms with E-state index >= 15 is 0 Å². The van der Waals surface area contributed by atoms with Crippen molar-refractivity contribution in [3.63, 3.8) is 0 Å². The zero-order valence-electron chi connectivity index (χ0n) is 12.7. The Bertz CT molecular complexity index is 522. The van der Waals surface area contributed by atoms with Crippen LogP contribution in [0.2, 0.25) is 0 Å². The predicted molar refractivity (Wildman–Crippen MR) is 83.7 cm³/mol. The number of carbonyl (C=O) groups excluding carboxylic acids is 1. The Morgan fingerprint density at radius 2 is 2.09 bits per heavy atom. The second kappa shape index (κ2) is 7.76. The molecule has 7 heteroatoms. The standard InChI is InChI=1S/C15H21FN2O3.ClH/c1-10(13-11(16)4-3-5-12(13)20-2)18-14(19)15(17)6-8-21-9-7-15;/h3-5,10H,6-9,17H2,1-2H3,(H,18,19);1H. The highest BCUT2D eigenvalue weighted by Gasteiger charge is 2.37. The number of ether oxygens (including phenoxy) is 2. The number of nitrogens with two attached hydrogens (primary N) is 1. The maximum atomic E-state index is 14.0. The molecule has 124 valence electrons. The van der Waals surface area contributed by atoms with E-state index in [4.69, 9.17) is 15.2 Å². The first-order valence-electron chi connectivity index (χ1n) is 6.98. The third-order valence-electron chi connectivity index (χ3n) is 3.85. The maximum absolute atomic E-state index is 14.0. The SMILES string of the molecule is COc1cccc(F)c1C(C)NC(=O)C1(N)CCOCC1.Cl. The molecule has 1 heterocycles. The van der Waals surface area contributed by atoms with E-state index in [2.05, 4.69) is 5.32 Å². The van der Waals surface area contributed by atoms with Crippen LogP contribution < -0.4 is 15.8 Å². The van der Waals surface area contributed by atoms with E-state index < -0.39 is 17.4 Å². The summed E-state index contributed by atoms with van der Waals surface area (Å²) in [5, 5.41) is 2.78. The third kappa shape index (κ3) is 3.88. The van der Waals surface area contributed by atoms with Gasteiger partial charge in [0.1, 0.15) is 11.6 Å². The van der Waals surface area contributed by atoms with E-state index in [1.54, 1.807) is 19.1 Å². The lowest BCUT2D eigenvalue weighted by Crippen LogP contribution is -2.57. The molecule has 1 aromatic rings. The summed E-state index contributed by atoms with van der Waals surface area (Å²) >= 11 is 0. The lowest BCUT2D eigenvalue weighted by atomic mass is 9.90. The number of nitrogens with one attached hydrogen (secondary N) is 1. The fourth-order valence-corrected chi connectivity index (χ4v) is 2.49. The molecule has 1 amide bonds. The summed E-state index contributed by atoms with van der Waals surface area (Å²) in [5.74, 6) is -0.301. The molecule has 22 heavy (non-hydrogen) atoms. The highest BCUT2D eigenvalue weighted by atomic mass is 35.5. The van der Waals surface area contributed by atoms with Gasteiger partial charge >= 0.3 is 0 Å². The van der Waals surface area contributed by atoms with Gasteiger partial charge in [-0.25, -0.2) is 4.39 Å². The largest absolute Gasteiger partial charge is 0.496 e. The van der Waals surface area contributed by atoms with E-state index in [1.165, 1.54) is 13.2 Å². The van der Waals surface area contributed by atoms with Crippen molar-refractivity contribution in [1.29, 1.82) is 0 Å². The van der Waals surface area contributed by atoms with Crippen LogP contribution in [0, 0.1) is 5.82 Å². The van der Waals surface area contributed by atoms with E-state index in [-0.39, 0.29) is 18.3 Å². The van der Waals surface area contributed by atoms with Gasteiger partial charge in [-0.3, -0.25) is 4.79 Å². The molecule has 1 saturated heterocycles. The predicted octanol–water partition coefficient (Wildman–Crippen LogP) is 1.94. The van der Waals surface area contributed by atoms with Crippen molar-refractivity contribution < 1.29 is 18.7 Å². The molecule has 2 rings (SSSR count). The topological polar surface area (TPSA) is 73.6 Å². The van der Waals surface area contributed by atoms with Crippen LogP contribution in [0.4, 0.5) is 4.39 Å². The van der Waals surface area contributed by atoms with Crippen molar-refractivity contribution in [1.82, 2.24) is 5.32 Å². The number of amides is 1. The molecule has 1 atom stereocenters. The minimum Gasteiger partial charge on any atom is -0.496 e. The molecule has 1 aliphatic heterocycles. The lowest BCUT2D eigenvalue weighted by Gasteiger charge is -2.33. The fourth-order valence-electron chi connectivity index (χ4n) is 2.49. The van der Waals surface area contributed by atoms with Crippen LogP contribution in [0.15, 0.2) is 18.2 Å². The Balaban J connectivity index is 0.00000242. The van der Waals surface area contributed by atoms with E-state index in [0.29, 0.717) is 37.4 Å². The Labute approximate surface area is 135 Å². The summed E-state index contributed by atoms with van der Waals surface area (Å²) in [6.07, 6.45) is 0.917. The van der Waals surface area contributed by atoms with Crippen LogP contribution >= 0.6 is 12.4 Å². The molecule has 0 aliphatic carbocycles. The molecule has 0 saturated carbocycles. The van der Waals surface area contributed by atoms with Crippen LogP contribution in [0.25, 0.3) is 0 Å². The molecule has 1 aromatic carbocycles. The van der Waals surface area contributed by atoms with Crippen LogP contribution in [-0.2, 0) is 9.53 Å². The quantitative estimate of drug-likeness (QED) is 0.883. The highest BCUT2D eigenvalue weighted by molar-refractivity contribution is 5.86. The zero-order valence-corrected chi connectivity index (χ0v) is 13.5. The zero-order chi connectivity index (χ0) is 15.5. The number of carbonyl (C=O) groups is 1. The second-order valence-corrected chi connectivity index (χ2v) is 5.32. The number of halogens is 2. The molecule has 5 nitrogen and oxygen atoms in total. The molecule has 0 bridgehead atoms. The average Bonchev–Trinajstić information content (AvgIpc) is 2.47. The van der Waals surface area contributed by atoms with E-state index in [0.717, 1.165) is 0 Å². The van der Waals surface area contributed by atoms with Crippen molar-refractivity contribution in [2.24, 2.45) is 5.73 Å². The van der Waals surface area contributed by atoms with Gasteiger partial charge in [-0.1, -0.05) is 6.07 Å². The number of benzene rings is 1. The number of hydrogen-bond donors (Lipinski definition) is 2. The molecular formula is C15H22ClFN2O3. The van der Waals surface area contributed by atoms with Gasteiger partial charge in [-0.05, 0) is 31.9 Å². The smallest absolute Gasteiger partial charge is 0.240 e. The Kier molecular flexibility index (Phi) is 6.59. The monoisotopic (exact) mass is 332 g/mol. The summed E-state index contributed by atoms with van der Waals surface area (Å²) in [6.45, 7) is 2.63. The summed E-state index contributed by atoms with van der Waals surface area (Å²) in [5.41, 5.74) is 5.49. The Hall–Kier alpha value is -1.37. The van der Waals surface area contributed by atoms with Gasteiger partial charge < -0.3 is 20.5 Å². The number of methoxy groups -OCH3 is 1. The molecule has 0 radical (unpaired) electrons. The molecule has 1 unspecified atom stereocenters. The van der Waals surface area contributed by atoms with Crippen molar-refractivity contribution in [3.8, 4) is 5.75 Å². The second-order valence-electron chi connectivity index (χ2n) is 5.32. The summed E-state index contributed by atoms with van der Waals surface area (Å²) in [4.78, 5) is 12.4.